The monoisotopic (exact) mass is 413 g/mol. The minimum absolute atomic E-state index is 0.00691. The summed E-state index contributed by atoms with van der Waals surface area (Å²) in [6.45, 7) is 4.78. The summed E-state index contributed by atoms with van der Waals surface area (Å²) in [6, 6.07) is 0.00691. The second-order valence-electron chi connectivity index (χ2n) is 6.17. The van der Waals surface area contributed by atoms with Gasteiger partial charge in [-0.25, -0.2) is 14.8 Å². The second-order valence-corrected chi connectivity index (χ2v) is 7.51. The van der Waals surface area contributed by atoms with Gasteiger partial charge in [0.1, 0.15) is 4.88 Å². The molecule has 11 heteroatoms. The highest BCUT2D eigenvalue weighted by atomic mass is 35.5. The molecule has 1 aliphatic rings. The van der Waals surface area contributed by atoms with Gasteiger partial charge in [0.2, 0.25) is 5.78 Å². The molecule has 146 valence electrons. The zero-order chi connectivity index (χ0) is 19.7. The van der Waals surface area contributed by atoms with Crippen molar-refractivity contribution in [2.75, 3.05) is 25.1 Å². The maximum Gasteiger partial charge on any atom is 0.347 e. The van der Waals surface area contributed by atoms with Gasteiger partial charge in [-0.05, 0) is 13.3 Å². The number of ketones is 1. The standard InChI is InChI=1S/C16H20ClN5O4S/c1-4-9-12(17)21-13(20-9)10(23)14(26-3)19-8-5-22(6-8)16-18-7(2)11(27-16)15(24)25/h8,14,19H,4-6H2,1-3H3,(H,20,21)(H,24,25). The van der Waals surface area contributed by atoms with Crippen LogP contribution >= 0.6 is 22.9 Å². The van der Waals surface area contributed by atoms with Crippen molar-refractivity contribution < 1.29 is 19.4 Å². The van der Waals surface area contributed by atoms with Crippen LogP contribution < -0.4 is 10.2 Å². The molecular weight excluding hydrogens is 394 g/mol. The molecule has 1 atom stereocenters. The van der Waals surface area contributed by atoms with E-state index in [0.717, 1.165) is 11.3 Å². The molecule has 1 unspecified atom stereocenters. The lowest BCUT2D eigenvalue weighted by Gasteiger charge is -2.40. The summed E-state index contributed by atoms with van der Waals surface area (Å²) in [4.78, 5) is 37.2. The molecule has 1 fully saturated rings. The summed E-state index contributed by atoms with van der Waals surface area (Å²) < 4.78 is 5.28. The number of methoxy groups -OCH3 is 1. The van der Waals surface area contributed by atoms with Crippen LogP contribution in [-0.2, 0) is 11.2 Å². The molecule has 0 aliphatic carbocycles. The molecule has 27 heavy (non-hydrogen) atoms. The van der Waals surface area contributed by atoms with Crippen LogP contribution in [0.15, 0.2) is 0 Å². The zero-order valence-electron chi connectivity index (χ0n) is 15.1. The molecular formula is C16H20ClN5O4S. The van der Waals surface area contributed by atoms with E-state index >= 15 is 0 Å². The number of imidazole rings is 1. The normalized spacial score (nSPS) is 15.6. The van der Waals surface area contributed by atoms with Crippen LogP contribution in [0.4, 0.5) is 5.13 Å². The molecule has 0 amide bonds. The first kappa shape index (κ1) is 19.7. The summed E-state index contributed by atoms with van der Waals surface area (Å²) in [5.74, 6) is -1.13. The van der Waals surface area contributed by atoms with Crippen molar-refractivity contribution in [3.63, 3.8) is 0 Å². The Kier molecular flexibility index (Phi) is 5.80. The SMILES string of the molecule is CCc1[nH]c(C(=O)C(NC2CN(c3nc(C)c(C(=O)O)s3)C2)OC)nc1Cl. The van der Waals surface area contributed by atoms with E-state index < -0.39 is 12.2 Å². The number of carbonyl (C=O) groups excluding carboxylic acids is 1. The number of anilines is 1. The van der Waals surface area contributed by atoms with Crippen LogP contribution in [-0.4, -0.2) is 64.3 Å². The summed E-state index contributed by atoms with van der Waals surface area (Å²) in [5.41, 5.74) is 1.21. The van der Waals surface area contributed by atoms with Gasteiger partial charge in [-0.1, -0.05) is 29.9 Å². The predicted octanol–water partition coefficient (Wildman–Crippen LogP) is 1.72. The van der Waals surface area contributed by atoms with Crippen LogP contribution in [0, 0.1) is 6.92 Å². The van der Waals surface area contributed by atoms with Crippen molar-refractivity contribution in [2.45, 2.75) is 32.5 Å². The van der Waals surface area contributed by atoms with Gasteiger partial charge in [-0.2, -0.15) is 0 Å². The van der Waals surface area contributed by atoms with E-state index in [1.54, 1.807) is 6.92 Å². The first-order valence-corrected chi connectivity index (χ1v) is 9.56. The summed E-state index contributed by atoms with van der Waals surface area (Å²) in [5, 5.41) is 13.2. The molecule has 0 saturated carbocycles. The largest absolute Gasteiger partial charge is 0.477 e. The third kappa shape index (κ3) is 3.98. The van der Waals surface area contributed by atoms with E-state index in [1.165, 1.54) is 7.11 Å². The Labute approximate surface area is 164 Å². The van der Waals surface area contributed by atoms with Crippen molar-refractivity contribution in [1.82, 2.24) is 20.3 Å². The number of carboxylic acid groups (broad SMARTS) is 1. The van der Waals surface area contributed by atoms with E-state index in [1.807, 2.05) is 11.8 Å². The fourth-order valence-corrected chi connectivity index (χ4v) is 3.97. The Hall–Kier alpha value is -2.01. The molecule has 0 aromatic carbocycles. The molecule has 2 aromatic heterocycles. The number of thiazole rings is 1. The van der Waals surface area contributed by atoms with Crippen LogP contribution in [0.2, 0.25) is 5.15 Å². The van der Waals surface area contributed by atoms with Gasteiger partial charge in [0.15, 0.2) is 22.3 Å². The van der Waals surface area contributed by atoms with Crippen molar-refractivity contribution in [3.8, 4) is 0 Å². The molecule has 0 bridgehead atoms. The molecule has 2 aromatic rings. The third-order valence-corrected chi connectivity index (χ3v) is 5.83. The number of carboxylic acids is 1. The Balaban J connectivity index is 1.59. The number of aryl methyl sites for hydroxylation is 2. The molecule has 9 nitrogen and oxygen atoms in total. The fraction of sp³-hybridized carbons (Fsp3) is 0.500. The number of hydrogen-bond acceptors (Lipinski definition) is 8. The maximum atomic E-state index is 12.6. The summed E-state index contributed by atoms with van der Waals surface area (Å²) in [7, 11) is 1.45. The Bertz CT molecular complexity index is 861. The minimum Gasteiger partial charge on any atom is -0.477 e. The molecule has 0 spiro atoms. The lowest BCUT2D eigenvalue weighted by molar-refractivity contribution is 0.0423. The number of ether oxygens (including phenoxy) is 1. The quantitative estimate of drug-likeness (QED) is 0.442. The Morgan fingerprint density at radius 1 is 1.48 bits per heavy atom. The van der Waals surface area contributed by atoms with Gasteiger partial charge >= 0.3 is 5.97 Å². The van der Waals surface area contributed by atoms with Gasteiger partial charge in [0.25, 0.3) is 0 Å². The lowest BCUT2D eigenvalue weighted by atomic mass is 10.1. The van der Waals surface area contributed by atoms with Gasteiger partial charge in [0, 0.05) is 26.2 Å². The summed E-state index contributed by atoms with van der Waals surface area (Å²) >= 11 is 7.14. The first-order valence-electron chi connectivity index (χ1n) is 8.37. The molecule has 0 radical (unpaired) electrons. The van der Waals surface area contributed by atoms with Gasteiger partial charge in [-0.15, -0.1) is 0 Å². The van der Waals surface area contributed by atoms with E-state index in [4.69, 9.17) is 21.4 Å². The Morgan fingerprint density at radius 3 is 2.70 bits per heavy atom. The number of rotatable bonds is 8. The average Bonchev–Trinajstić information content (AvgIpc) is 3.16. The van der Waals surface area contributed by atoms with Crippen molar-refractivity contribution >= 4 is 39.8 Å². The number of halogens is 1. The van der Waals surface area contributed by atoms with Gasteiger partial charge < -0.3 is 19.7 Å². The summed E-state index contributed by atoms with van der Waals surface area (Å²) in [6.07, 6.45) is -0.204. The highest BCUT2D eigenvalue weighted by molar-refractivity contribution is 7.17. The fourth-order valence-electron chi connectivity index (χ4n) is 2.78. The maximum absolute atomic E-state index is 12.6. The van der Waals surface area contributed by atoms with Crippen LogP contribution in [0.5, 0.6) is 0 Å². The van der Waals surface area contributed by atoms with Crippen LogP contribution in [0.1, 0.15) is 38.6 Å². The molecule has 1 saturated heterocycles. The Morgan fingerprint density at radius 2 is 2.19 bits per heavy atom. The highest BCUT2D eigenvalue weighted by Gasteiger charge is 2.34. The predicted molar refractivity (Wildman–Crippen MR) is 101 cm³/mol. The lowest BCUT2D eigenvalue weighted by Crippen LogP contribution is -2.62. The number of Topliss-reactive ketones (excluding diaryl/α,β-unsaturated/α-hetero) is 1. The average molecular weight is 414 g/mol. The van der Waals surface area contributed by atoms with Gasteiger partial charge in [-0.3, -0.25) is 10.1 Å². The molecule has 3 rings (SSSR count). The van der Waals surface area contributed by atoms with Crippen molar-refractivity contribution in [3.05, 3.63) is 27.2 Å². The zero-order valence-corrected chi connectivity index (χ0v) is 16.6. The number of nitrogens with zero attached hydrogens (tertiary/aromatic N) is 3. The second kappa shape index (κ2) is 7.93. The molecule has 3 N–H and O–H groups in total. The number of nitrogens with one attached hydrogen (secondary N) is 2. The van der Waals surface area contributed by atoms with E-state index in [9.17, 15) is 9.59 Å². The smallest absolute Gasteiger partial charge is 0.347 e. The molecule has 3 heterocycles. The number of H-pyrrole nitrogens is 1. The number of aromatic carboxylic acids is 1. The highest BCUT2D eigenvalue weighted by Crippen LogP contribution is 2.29. The minimum atomic E-state index is -0.972. The van der Waals surface area contributed by atoms with Crippen LogP contribution in [0.3, 0.4) is 0 Å². The van der Waals surface area contributed by atoms with E-state index in [2.05, 4.69) is 20.3 Å². The first-order chi connectivity index (χ1) is 12.8. The van der Waals surface area contributed by atoms with E-state index in [-0.39, 0.29) is 22.5 Å². The number of hydrogen-bond donors (Lipinski definition) is 3. The van der Waals surface area contributed by atoms with Crippen LogP contribution in [0.25, 0.3) is 0 Å². The number of aromatic amines is 1. The topological polar surface area (TPSA) is 120 Å². The number of carbonyl (C=O) groups is 2. The van der Waals surface area contributed by atoms with Gasteiger partial charge in [0.05, 0.1) is 11.4 Å². The third-order valence-electron chi connectivity index (χ3n) is 4.31. The number of aromatic nitrogens is 3. The van der Waals surface area contributed by atoms with E-state index in [0.29, 0.717) is 41.2 Å². The van der Waals surface area contributed by atoms with Crippen molar-refractivity contribution in [2.24, 2.45) is 0 Å². The molecule has 1 aliphatic heterocycles. The van der Waals surface area contributed by atoms with Crippen molar-refractivity contribution in [1.29, 1.82) is 0 Å².